The fraction of sp³-hybridized carbons (Fsp3) is 0.200. The number of aromatic nitrogens is 3. The van der Waals surface area contributed by atoms with Gasteiger partial charge >= 0.3 is 0 Å². The molecular weight excluding hydrogens is 260 g/mol. The third-order valence-corrected chi connectivity index (χ3v) is 3.03. The highest BCUT2D eigenvalue weighted by Crippen LogP contribution is 2.15. The number of anilines is 1. The van der Waals surface area contributed by atoms with Crippen LogP contribution in [0.3, 0.4) is 0 Å². The van der Waals surface area contributed by atoms with Crippen LogP contribution in [0.4, 0.5) is 5.82 Å². The SMILES string of the molecule is CCc1nnsc1C(=O)Nc1cccc(Cl)n1. The van der Waals surface area contributed by atoms with Gasteiger partial charge in [-0.1, -0.05) is 29.1 Å². The lowest BCUT2D eigenvalue weighted by Crippen LogP contribution is -2.13. The number of carbonyl (C=O) groups is 1. The van der Waals surface area contributed by atoms with Crippen molar-refractivity contribution in [3.63, 3.8) is 0 Å². The van der Waals surface area contributed by atoms with Crippen molar-refractivity contribution in [2.45, 2.75) is 13.3 Å². The molecule has 2 rings (SSSR count). The second-order valence-corrected chi connectivity index (χ2v) is 4.34. The molecule has 7 heteroatoms. The van der Waals surface area contributed by atoms with Crippen LogP contribution in [-0.2, 0) is 6.42 Å². The second kappa shape index (κ2) is 5.20. The lowest BCUT2D eigenvalue weighted by molar-refractivity contribution is 0.102. The summed E-state index contributed by atoms with van der Waals surface area (Å²) in [4.78, 5) is 16.4. The van der Waals surface area contributed by atoms with Gasteiger partial charge in [0.2, 0.25) is 0 Å². The molecule has 0 aliphatic carbocycles. The zero-order valence-electron chi connectivity index (χ0n) is 8.98. The molecule has 1 N–H and O–H groups in total. The molecule has 0 atom stereocenters. The molecule has 0 aliphatic heterocycles. The van der Waals surface area contributed by atoms with Crippen molar-refractivity contribution in [1.29, 1.82) is 0 Å². The Hall–Kier alpha value is -1.53. The molecule has 0 bridgehead atoms. The maximum atomic E-state index is 11.9. The number of halogens is 1. The van der Waals surface area contributed by atoms with E-state index < -0.39 is 0 Å². The first-order valence-electron chi connectivity index (χ1n) is 4.96. The van der Waals surface area contributed by atoms with Crippen molar-refractivity contribution < 1.29 is 4.79 Å². The van der Waals surface area contributed by atoms with E-state index in [-0.39, 0.29) is 5.91 Å². The smallest absolute Gasteiger partial charge is 0.270 e. The monoisotopic (exact) mass is 268 g/mol. The molecule has 5 nitrogen and oxygen atoms in total. The lowest BCUT2D eigenvalue weighted by atomic mass is 10.3. The maximum absolute atomic E-state index is 11.9. The van der Waals surface area contributed by atoms with Gasteiger partial charge in [0.25, 0.3) is 5.91 Å². The Morgan fingerprint density at radius 3 is 3.06 bits per heavy atom. The predicted octanol–water partition coefficient (Wildman–Crippen LogP) is 2.40. The van der Waals surface area contributed by atoms with E-state index in [9.17, 15) is 4.79 Å². The summed E-state index contributed by atoms with van der Waals surface area (Å²) in [5.74, 6) is 0.157. The molecule has 2 heterocycles. The fourth-order valence-electron chi connectivity index (χ4n) is 1.26. The number of nitrogens with zero attached hydrogens (tertiary/aromatic N) is 3. The van der Waals surface area contributed by atoms with E-state index >= 15 is 0 Å². The van der Waals surface area contributed by atoms with E-state index in [1.54, 1.807) is 18.2 Å². The summed E-state index contributed by atoms with van der Waals surface area (Å²) in [6, 6.07) is 5.03. The van der Waals surface area contributed by atoms with E-state index in [1.807, 2.05) is 6.92 Å². The molecule has 0 aromatic carbocycles. The Morgan fingerprint density at radius 1 is 1.53 bits per heavy atom. The van der Waals surface area contributed by atoms with E-state index in [1.165, 1.54) is 0 Å². The third-order valence-electron chi connectivity index (χ3n) is 2.05. The standard InChI is InChI=1S/C10H9ClN4OS/c1-2-6-9(17-15-14-6)10(16)13-8-5-3-4-7(11)12-8/h3-5H,2H2,1H3,(H,12,13,16). The van der Waals surface area contributed by atoms with E-state index in [0.29, 0.717) is 28.0 Å². The number of carbonyl (C=O) groups excluding carboxylic acids is 1. The average molecular weight is 269 g/mol. The van der Waals surface area contributed by atoms with Crippen molar-refractivity contribution in [3.05, 3.63) is 33.9 Å². The van der Waals surface area contributed by atoms with Crippen molar-refractivity contribution >= 4 is 34.9 Å². The van der Waals surface area contributed by atoms with Crippen LogP contribution in [0.15, 0.2) is 18.2 Å². The summed E-state index contributed by atoms with van der Waals surface area (Å²) in [7, 11) is 0. The van der Waals surface area contributed by atoms with Crippen molar-refractivity contribution in [2.75, 3.05) is 5.32 Å². The van der Waals surface area contributed by atoms with Crippen LogP contribution in [0.25, 0.3) is 0 Å². The number of nitrogens with one attached hydrogen (secondary N) is 1. The van der Waals surface area contributed by atoms with Gasteiger partial charge in [0, 0.05) is 0 Å². The molecular formula is C10H9ClN4OS. The van der Waals surface area contributed by atoms with Gasteiger partial charge in [-0.15, -0.1) is 5.10 Å². The highest BCUT2D eigenvalue weighted by molar-refractivity contribution is 7.08. The first kappa shape index (κ1) is 11.9. The molecule has 0 saturated heterocycles. The van der Waals surface area contributed by atoms with Crippen LogP contribution in [0, 0.1) is 0 Å². The van der Waals surface area contributed by atoms with Crippen LogP contribution in [0.1, 0.15) is 22.3 Å². The number of rotatable bonds is 3. The molecule has 2 aromatic heterocycles. The molecule has 0 spiro atoms. The Morgan fingerprint density at radius 2 is 2.35 bits per heavy atom. The molecule has 1 amide bonds. The van der Waals surface area contributed by atoms with Crippen LogP contribution >= 0.6 is 23.1 Å². The molecule has 2 aromatic rings. The summed E-state index contributed by atoms with van der Waals surface area (Å²) < 4.78 is 3.76. The van der Waals surface area contributed by atoms with Gasteiger partial charge in [0.05, 0.1) is 5.69 Å². The van der Waals surface area contributed by atoms with Gasteiger partial charge < -0.3 is 5.32 Å². The van der Waals surface area contributed by atoms with Crippen molar-refractivity contribution in [2.24, 2.45) is 0 Å². The molecule has 0 saturated carbocycles. The zero-order chi connectivity index (χ0) is 12.3. The number of amides is 1. The number of aryl methyl sites for hydroxylation is 1. The zero-order valence-corrected chi connectivity index (χ0v) is 10.5. The van der Waals surface area contributed by atoms with Gasteiger partial charge in [0.1, 0.15) is 15.8 Å². The van der Waals surface area contributed by atoms with Gasteiger partial charge in [-0.25, -0.2) is 4.98 Å². The van der Waals surface area contributed by atoms with E-state index in [0.717, 1.165) is 11.5 Å². The summed E-state index contributed by atoms with van der Waals surface area (Å²) in [5.41, 5.74) is 0.689. The summed E-state index contributed by atoms with van der Waals surface area (Å²) in [6.45, 7) is 1.92. The van der Waals surface area contributed by atoms with Crippen LogP contribution in [0.2, 0.25) is 5.15 Å². The Bertz CT molecular complexity index is 543. The summed E-state index contributed by atoms with van der Waals surface area (Å²) in [5, 5.41) is 6.87. The lowest BCUT2D eigenvalue weighted by Gasteiger charge is -2.02. The second-order valence-electron chi connectivity index (χ2n) is 3.20. The number of hydrogen-bond donors (Lipinski definition) is 1. The third kappa shape index (κ3) is 2.78. The first-order valence-corrected chi connectivity index (χ1v) is 6.11. The summed E-state index contributed by atoms with van der Waals surface area (Å²) in [6.07, 6.45) is 0.669. The van der Waals surface area contributed by atoms with Crippen LogP contribution < -0.4 is 5.32 Å². The Kier molecular flexibility index (Phi) is 3.65. The number of hydrogen-bond acceptors (Lipinski definition) is 5. The molecule has 88 valence electrons. The Labute approximate surface area is 107 Å². The van der Waals surface area contributed by atoms with Crippen molar-refractivity contribution in [1.82, 2.24) is 14.6 Å². The molecule has 0 unspecified atom stereocenters. The minimum Gasteiger partial charge on any atom is -0.306 e. The average Bonchev–Trinajstić information content (AvgIpc) is 2.77. The minimum atomic E-state index is -0.258. The Balaban J connectivity index is 2.17. The summed E-state index contributed by atoms with van der Waals surface area (Å²) >= 11 is 6.80. The van der Waals surface area contributed by atoms with Crippen LogP contribution in [-0.4, -0.2) is 20.5 Å². The van der Waals surface area contributed by atoms with E-state index in [4.69, 9.17) is 11.6 Å². The number of pyridine rings is 1. The highest BCUT2D eigenvalue weighted by Gasteiger charge is 2.15. The predicted molar refractivity (Wildman–Crippen MR) is 66.5 cm³/mol. The van der Waals surface area contributed by atoms with Crippen molar-refractivity contribution in [3.8, 4) is 0 Å². The van der Waals surface area contributed by atoms with Crippen LogP contribution in [0.5, 0.6) is 0 Å². The van der Waals surface area contributed by atoms with Gasteiger partial charge in [-0.05, 0) is 30.1 Å². The molecule has 0 radical (unpaired) electrons. The minimum absolute atomic E-state index is 0.258. The topological polar surface area (TPSA) is 67.8 Å². The van der Waals surface area contributed by atoms with E-state index in [2.05, 4.69) is 19.9 Å². The highest BCUT2D eigenvalue weighted by atomic mass is 35.5. The first-order chi connectivity index (χ1) is 8.20. The quantitative estimate of drug-likeness (QED) is 0.868. The fourth-order valence-corrected chi connectivity index (χ4v) is 2.07. The maximum Gasteiger partial charge on any atom is 0.270 e. The molecule has 0 aliphatic rings. The van der Waals surface area contributed by atoms with Gasteiger partial charge in [-0.3, -0.25) is 4.79 Å². The normalized spacial score (nSPS) is 10.2. The van der Waals surface area contributed by atoms with Gasteiger partial charge in [0.15, 0.2) is 0 Å². The largest absolute Gasteiger partial charge is 0.306 e. The molecule has 17 heavy (non-hydrogen) atoms. The molecule has 0 fully saturated rings. The van der Waals surface area contributed by atoms with Gasteiger partial charge in [-0.2, -0.15) is 0 Å².